The van der Waals surface area contributed by atoms with Gasteiger partial charge in [-0.3, -0.25) is 20.2 Å². The van der Waals surface area contributed by atoms with E-state index in [2.05, 4.69) is 4.99 Å². The minimum atomic E-state index is -0.688. The smallest absolute Gasteiger partial charge is 0.277 e. The lowest BCUT2D eigenvalue weighted by Crippen LogP contribution is -2.03. The molecule has 2 rings (SSSR count). The van der Waals surface area contributed by atoms with E-state index in [0.717, 1.165) is 6.07 Å². The van der Waals surface area contributed by atoms with Gasteiger partial charge in [-0.2, -0.15) is 0 Å². The maximum absolute atomic E-state index is 10.6. The van der Waals surface area contributed by atoms with Crippen molar-refractivity contribution in [3.05, 3.63) is 44.0 Å². The second-order valence-electron chi connectivity index (χ2n) is 3.29. The van der Waals surface area contributed by atoms with E-state index in [1.807, 2.05) is 0 Å². The average molecular weight is 237 g/mol. The standard InChI is InChI=1S/C9H7N3O5/c13-11(14)7-3-6(9-10-1-2-17-9)4-8(5-7)12(15)16/h3-5H,1-2H2. The summed E-state index contributed by atoms with van der Waals surface area (Å²) in [6, 6.07) is 3.31. The predicted molar refractivity (Wildman–Crippen MR) is 57.1 cm³/mol. The van der Waals surface area contributed by atoms with Gasteiger partial charge >= 0.3 is 0 Å². The van der Waals surface area contributed by atoms with Crippen LogP contribution in [0, 0.1) is 20.2 Å². The van der Waals surface area contributed by atoms with Gasteiger partial charge in [-0.15, -0.1) is 0 Å². The molecule has 1 heterocycles. The number of aliphatic imine (C=N–C) groups is 1. The lowest BCUT2D eigenvalue weighted by Gasteiger charge is -2.01. The summed E-state index contributed by atoms with van der Waals surface area (Å²) >= 11 is 0. The van der Waals surface area contributed by atoms with Crippen LogP contribution in [0.15, 0.2) is 23.2 Å². The molecule has 0 fully saturated rings. The van der Waals surface area contributed by atoms with E-state index in [0.29, 0.717) is 13.2 Å². The first-order valence-electron chi connectivity index (χ1n) is 4.69. The first-order valence-corrected chi connectivity index (χ1v) is 4.69. The molecule has 0 unspecified atom stereocenters. The number of hydrogen-bond donors (Lipinski definition) is 0. The Kier molecular flexibility index (Phi) is 2.69. The Hall–Kier alpha value is -2.51. The molecule has 0 saturated heterocycles. The zero-order valence-electron chi connectivity index (χ0n) is 8.53. The predicted octanol–water partition coefficient (Wildman–Crippen LogP) is 1.28. The van der Waals surface area contributed by atoms with Crippen molar-refractivity contribution in [1.29, 1.82) is 0 Å². The average Bonchev–Trinajstić information content (AvgIpc) is 2.81. The molecule has 8 nitrogen and oxygen atoms in total. The number of nitro benzene ring substituents is 2. The van der Waals surface area contributed by atoms with Crippen LogP contribution >= 0.6 is 0 Å². The number of rotatable bonds is 3. The molecule has 1 aliphatic heterocycles. The third-order valence-corrected chi connectivity index (χ3v) is 2.16. The Morgan fingerprint density at radius 1 is 1.12 bits per heavy atom. The molecular formula is C9H7N3O5. The molecule has 0 amide bonds. The number of nitro groups is 2. The summed E-state index contributed by atoms with van der Waals surface area (Å²) in [5.74, 6) is 0.205. The van der Waals surface area contributed by atoms with E-state index in [4.69, 9.17) is 4.74 Å². The summed E-state index contributed by atoms with van der Waals surface area (Å²) in [6.07, 6.45) is 0. The third kappa shape index (κ3) is 2.19. The van der Waals surface area contributed by atoms with Gasteiger partial charge < -0.3 is 4.74 Å². The molecule has 0 bridgehead atoms. The molecule has 0 aliphatic carbocycles. The molecule has 0 saturated carbocycles. The van der Waals surface area contributed by atoms with Crippen LogP contribution in [-0.2, 0) is 4.74 Å². The molecule has 1 aromatic carbocycles. The summed E-state index contributed by atoms with van der Waals surface area (Å²) in [5.41, 5.74) is -0.455. The molecular weight excluding hydrogens is 230 g/mol. The lowest BCUT2D eigenvalue weighted by molar-refractivity contribution is -0.394. The van der Waals surface area contributed by atoms with Gasteiger partial charge in [0.15, 0.2) is 0 Å². The summed E-state index contributed by atoms with van der Waals surface area (Å²) in [7, 11) is 0. The number of benzene rings is 1. The second kappa shape index (κ2) is 4.16. The van der Waals surface area contributed by atoms with E-state index in [1.165, 1.54) is 12.1 Å². The van der Waals surface area contributed by atoms with Gasteiger partial charge in [0.1, 0.15) is 6.61 Å². The van der Waals surface area contributed by atoms with Crippen LogP contribution in [0.25, 0.3) is 0 Å². The van der Waals surface area contributed by atoms with E-state index >= 15 is 0 Å². The van der Waals surface area contributed by atoms with Crippen LogP contribution in [-0.4, -0.2) is 28.9 Å². The van der Waals surface area contributed by atoms with Crippen LogP contribution in [0.2, 0.25) is 0 Å². The fourth-order valence-electron chi connectivity index (χ4n) is 1.44. The highest BCUT2D eigenvalue weighted by molar-refractivity contribution is 5.96. The van der Waals surface area contributed by atoms with Crippen LogP contribution in [0.5, 0.6) is 0 Å². The van der Waals surface area contributed by atoms with Crippen molar-refractivity contribution in [1.82, 2.24) is 0 Å². The van der Waals surface area contributed by atoms with E-state index in [9.17, 15) is 20.2 Å². The number of non-ortho nitro benzene ring substituents is 2. The summed E-state index contributed by atoms with van der Waals surface area (Å²) in [5, 5.41) is 21.3. The van der Waals surface area contributed by atoms with E-state index < -0.39 is 9.85 Å². The molecule has 0 spiro atoms. The highest BCUT2D eigenvalue weighted by atomic mass is 16.6. The molecule has 8 heteroatoms. The van der Waals surface area contributed by atoms with Gasteiger partial charge in [-0.1, -0.05) is 0 Å². The minimum Gasteiger partial charge on any atom is -0.476 e. The van der Waals surface area contributed by atoms with Crippen LogP contribution in [0.1, 0.15) is 5.56 Å². The topological polar surface area (TPSA) is 108 Å². The fourth-order valence-corrected chi connectivity index (χ4v) is 1.44. The highest BCUT2D eigenvalue weighted by Gasteiger charge is 2.20. The minimum absolute atomic E-state index is 0.205. The van der Waals surface area contributed by atoms with Gasteiger partial charge in [0, 0.05) is 17.7 Å². The van der Waals surface area contributed by atoms with Crippen LogP contribution in [0.3, 0.4) is 0 Å². The quantitative estimate of drug-likeness (QED) is 0.581. The van der Waals surface area contributed by atoms with Crippen LogP contribution < -0.4 is 0 Å². The molecule has 1 aliphatic rings. The van der Waals surface area contributed by atoms with Crippen molar-refractivity contribution in [2.75, 3.05) is 13.2 Å². The maximum atomic E-state index is 10.6. The monoisotopic (exact) mass is 237 g/mol. The molecule has 0 aromatic heterocycles. The largest absolute Gasteiger partial charge is 0.476 e. The third-order valence-electron chi connectivity index (χ3n) is 2.16. The summed E-state index contributed by atoms with van der Waals surface area (Å²) in [4.78, 5) is 23.9. The highest BCUT2D eigenvalue weighted by Crippen LogP contribution is 2.24. The Morgan fingerprint density at radius 3 is 2.12 bits per heavy atom. The molecule has 0 atom stereocenters. The first kappa shape index (κ1) is 11.0. The SMILES string of the molecule is O=[N+]([O-])c1cc(C2=NCCO2)cc([N+](=O)[O-])c1. The number of hydrogen-bond acceptors (Lipinski definition) is 6. The lowest BCUT2D eigenvalue weighted by atomic mass is 10.1. The normalized spacial score (nSPS) is 14.0. The van der Waals surface area contributed by atoms with Crippen molar-refractivity contribution in [3.8, 4) is 0 Å². The number of ether oxygens (including phenoxy) is 1. The van der Waals surface area contributed by atoms with Gasteiger partial charge in [0.2, 0.25) is 5.90 Å². The summed E-state index contributed by atoms with van der Waals surface area (Å²) in [6.45, 7) is 0.831. The van der Waals surface area contributed by atoms with Gasteiger partial charge in [0.25, 0.3) is 11.4 Å². The van der Waals surface area contributed by atoms with Crippen LogP contribution in [0.4, 0.5) is 11.4 Å². The maximum Gasteiger partial charge on any atom is 0.277 e. The molecule has 1 aromatic rings. The van der Waals surface area contributed by atoms with E-state index in [-0.39, 0.29) is 22.8 Å². The Balaban J connectivity index is 2.51. The fraction of sp³-hybridized carbons (Fsp3) is 0.222. The second-order valence-corrected chi connectivity index (χ2v) is 3.29. The van der Waals surface area contributed by atoms with Gasteiger partial charge in [0.05, 0.1) is 22.5 Å². The Labute approximate surface area is 94.8 Å². The Bertz CT molecular complexity index is 493. The molecule has 0 N–H and O–H groups in total. The molecule has 17 heavy (non-hydrogen) atoms. The zero-order chi connectivity index (χ0) is 12.4. The van der Waals surface area contributed by atoms with Gasteiger partial charge in [-0.05, 0) is 0 Å². The van der Waals surface area contributed by atoms with E-state index in [1.54, 1.807) is 0 Å². The first-order chi connectivity index (χ1) is 8.08. The van der Waals surface area contributed by atoms with Crippen molar-refractivity contribution >= 4 is 17.3 Å². The Morgan fingerprint density at radius 2 is 1.71 bits per heavy atom. The molecule has 88 valence electrons. The van der Waals surface area contributed by atoms with Crippen molar-refractivity contribution in [3.63, 3.8) is 0 Å². The zero-order valence-corrected chi connectivity index (χ0v) is 8.53. The number of nitrogens with zero attached hydrogens (tertiary/aromatic N) is 3. The summed E-state index contributed by atoms with van der Waals surface area (Å²) < 4.78 is 5.11. The van der Waals surface area contributed by atoms with Gasteiger partial charge in [-0.25, -0.2) is 4.99 Å². The van der Waals surface area contributed by atoms with Crippen molar-refractivity contribution < 1.29 is 14.6 Å². The van der Waals surface area contributed by atoms with Crippen molar-refractivity contribution in [2.45, 2.75) is 0 Å². The van der Waals surface area contributed by atoms with Crippen molar-refractivity contribution in [2.24, 2.45) is 4.99 Å². The molecule has 0 radical (unpaired) electrons.